The number of nitrogens with one attached hydrogen (secondary N) is 1. The first kappa shape index (κ1) is 17.4. The average molecular weight is 363 g/mol. The van der Waals surface area contributed by atoms with E-state index in [-0.39, 0.29) is 5.91 Å². The third kappa shape index (κ3) is 4.00. The first-order valence-electron chi connectivity index (χ1n) is 7.88. The Morgan fingerprint density at radius 3 is 2.60 bits per heavy atom. The second-order valence-corrected chi connectivity index (χ2v) is 6.03. The average Bonchev–Trinajstić information content (AvgIpc) is 2.65. The molecule has 1 aromatic heterocycles. The Balaban J connectivity index is 1.74. The fraction of sp³-hybridized carbons (Fsp3) is 0.353. The van der Waals surface area contributed by atoms with Gasteiger partial charge in [-0.2, -0.15) is 0 Å². The number of rotatable bonds is 4. The minimum atomic E-state index is -0.312. The number of nitrogens with zero attached hydrogens (tertiary/aromatic N) is 3. The number of hydrogen-bond acceptors (Lipinski definition) is 6. The fourth-order valence-electron chi connectivity index (χ4n) is 2.49. The van der Waals surface area contributed by atoms with Gasteiger partial charge in [0.05, 0.1) is 31.6 Å². The first-order valence-corrected chi connectivity index (χ1v) is 8.26. The van der Waals surface area contributed by atoms with Crippen molar-refractivity contribution in [2.45, 2.75) is 6.92 Å². The fourth-order valence-corrected chi connectivity index (χ4v) is 2.64. The Morgan fingerprint density at radius 2 is 1.96 bits per heavy atom. The number of anilines is 2. The van der Waals surface area contributed by atoms with Crippen molar-refractivity contribution < 1.29 is 14.3 Å². The molecule has 1 amide bonds. The zero-order valence-corrected chi connectivity index (χ0v) is 14.8. The summed E-state index contributed by atoms with van der Waals surface area (Å²) in [6.45, 7) is 4.65. The Morgan fingerprint density at radius 1 is 1.28 bits per heavy atom. The van der Waals surface area contributed by atoms with Gasteiger partial charge in [-0.3, -0.25) is 4.79 Å². The minimum Gasteiger partial charge on any atom is -0.495 e. The van der Waals surface area contributed by atoms with Gasteiger partial charge < -0.3 is 19.7 Å². The van der Waals surface area contributed by atoms with Crippen LogP contribution in [0.3, 0.4) is 0 Å². The Bertz CT molecular complexity index is 761. The van der Waals surface area contributed by atoms with Crippen molar-refractivity contribution in [2.75, 3.05) is 43.6 Å². The van der Waals surface area contributed by atoms with Crippen molar-refractivity contribution in [3.63, 3.8) is 0 Å². The van der Waals surface area contributed by atoms with Crippen LogP contribution in [0.2, 0.25) is 5.02 Å². The molecular formula is C17H19ClN4O3. The van der Waals surface area contributed by atoms with Gasteiger partial charge in [0.15, 0.2) is 0 Å². The van der Waals surface area contributed by atoms with Crippen molar-refractivity contribution in [3.8, 4) is 5.75 Å². The van der Waals surface area contributed by atoms with E-state index in [4.69, 9.17) is 21.1 Å². The lowest BCUT2D eigenvalue weighted by Crippen LogP contribution is -2.37. The van der Waals surface area contributed by atoms with Gasteiger partial charge in [-0.1, -0.05) is 11.6 Å². The van der Waals surface area contributed by atoms with E-state index in [1.807, 2.05) is 11.8 Å². The standard InChI is InChI=1S/C17H19ClN4O3/c1-11-7-14(15(24-2)8-13(11)18)21-16(23)12-9-19-17(20-10-12)22-3-5-25-6-4-22/h7-10H,3-6H2,1-2H3,(H,21,23). The summed E-state index contributed by atoms with van der Waals surface area (Å²) in [5, 5.41) is 3.39. The lowest BCUT2D eigenvalue weighted by molar-refractivity contribution is 0.102. The number of ether oxygens (including phenoxy) is 2. The van der Waals surface area contributed by atoms with E-state index in [0.29, 0.717) is 41.2 Å². The molecule has 1 aromatic carbocycles. The number of aromatic nitrogens is 2. The molecule has 1 aliphatic rings. The summed E-state index contributed by atoms with van der Waals surface area (Å²) in [7, 11) is 1.52. The summed E-state index contributed by atoms with van der Waals surface area (Å²) in [5.74, 6) is 0.781. The molecule has 1 saturated heterocycles. The number of morpholine rings is 1. The molecule has 1 N–H and O–H groups in total. The topological polar surface area (TPSA) is 76.6 Å². The lowest BCUT2D eigenvalue weighted by Gasteiger charge is -2.26. The van der Waals surface area contributed by atoms with Gasteiger partial charge in [0.25, 0.3) is 5.91 Å². The van der Waals surface area contributed by atoms with Crippen molar-refractivity contribution >= 4 is 29.1 Å². The summed E-state index contributed by atoms with van der Waals surface area (Å²) in [6, 6.07) is 3.44. The number of halogens is 1. The highest BCUT2D eigenvalue weighted by molar-refractivity contribution is 6.31. The van der Waals surface area contributed by atoms with Crippen molar-refractivity contribution in [2.24, 2.45) is 0 Å². The second kappa shape index (κ2) is 7.67. The third-order valence-corrected chi connectivity index (χ3v) is 4.33. The highest BCUT2D eigenvalue weighted by Crippen LogP contribution is 2.31. The molecule has 0 saturated carbocycles. The predicted octanol–water partition coefficient (Wildman–Crippen LogP) is 2.54. The molecule has 2 aromatic rings. The molecule has 3 rings (SSSR count). The van der Waals surface area contributed by atoms with E-state index in [1.54, 1.807) is 12.1 Å². The molecule has 0 radical (unpaired) electrons. The highest BCUT2D eigenvalue weighted by Gasteiger charge is 2.16. The van der Waals surface area contributed by atoms with Crippen LogP contribution in [0, 0.1) is 6.92 Å². The number of hydrogen-bond donors (Lipinski definition) is 1. The molecule has 7 nitrogen and oxygen atoms in total. The predicted molar refractivity (Wildman–Crippen MR) is 95.8 cm³/mol. The molecule has 25 heavy (non-hydrogen) atoms. The van der Waals surface area contributed by atoms with E-state index in [1.165, 1.54) is 19.5 Å². The molecular weight excluding hydrogens is 344 g/mol. The summed E-state index contributed by atoms with van der Waals surface area (Å²) >= 11 is 6.08. The zero-order valence-electron chi connectivity index (χ0n) is 14.1. The second-order valence-electron chi connectivity index (χ2n) is 5.63. The smallest absolute Gasteiger partial charge is 0.258 e. The first-order chi connectivity index (χ1) is 12.1. The normalized spacial score (nSPS) is 14.3. The van der Waals surface area contributed by atoms with Gasteiger partial charge in [-0.25, -0.2) is 9.97 Å². The molecule has 0 atom stereocenters. The van der Waals surface area contributed by atoms with E-state index in [9.17, 15) is 4.79 Å². The Labute approximate surface area is 150 Å². The van der Waals surface area contributed by atoms with E-state index in [2.05, 4.69) is 15.3 Å². The summed E-state index contributed by atoms with van der Waals surface area (Å²) in [4.78, 5) is 23.0. The maximum atomic E-state index is 12.5. The molecule has 0 unspecified atom stereocenters. The van der Waals surface area contributed by atoms with Gasteiger partial charge in [-0.05, 0) is 18.6 Å². The van der Waals surface area contributed by atoms with E-state index >= 15 is 0 Å². The number of methoxy groups -OCH3 is 1. The lowest BCUT2D eigenvalue weighted by atomic mass is 10.2. The van der Waals surface area contributed by atoms with E-state index in [0.717, 1.165) is 18.7 Å². The SMILES string of the molecule is COc1cc(Cl)c(C)cc1NC(=O)c1cnc(N2CCOCC2)nc1. The number of carbonyl (C=O) groups is 1. The van der Waals surface area contributed by atoms with Gasteiger partial charge in [0.1, 0.15) is 5.75 Å². The van der Waals surface area contributed by atoms with Gasteiger partial charge in [-0.15, -0.1) is 0 Å². The summed E-state index contributed by atoms with van der Waals surface area (Å²) in [6.07, 6.45) is 3.03. The van der Waals surface area contributed by atoms with Crippen molar-refractivity contribution in [1.82, 2.24) is 9.97 Å². The third-order valence-electron chi connectivity index (χ3n) is 3.92. The van der Waals surface area contributed by atoms with Crippen LogP contribution >= 0.6 is 11.6 Å². The van der Waals surface area contributed by atoms with Crippen LogP contribution in [0.4, 0.5) is 11.6 Å². The number of carbonyl (C=O) groups excluding carboxylic acids is 1. The van der Waals surface area contributed by atoms with Crippen LogP contribution in [0.15, 0.2) is 24.5 Å². The van der Waals surface area contributed by atoms with Crippen LogP contribution in [-0.4, -0.2) is 49.3 Å². The molecule has 0 aliphatic carbocycles. The summed E-state index contributed by atoms with van der Waals surface area (Å²) < 4.78 is 10.6. The zero-order chi connectivity index (χ0) is 17.8. The maximum absolute atomic E-state index is 12.5. The maximum Gasteiger partial charge on any atom is 0.258 e. The van der Waals surface area contributed by atoms with E-state index < -0.39 is 0 Å². The minimum absolute atomic E-state index is 0.312. The Hall–Kier alpha value is -2.38. The molecule has 0 bridgehead atoms. The van der Waals surface area contributed by atoms with Crippen LogP contribution < -0.4 is 15.0 Å². The molecule has 0 spiro atoms. The molecule has 132 valence electrons. The van der Waals surface area contributed by atoms with Crippen LogP contribution in [-0.2, 0) is 4.74 Å². The number of amides is 1. The number of benzene rings is 1. The van der Waals surface area contributed by atoms with Crippen molar-refractivity contribution in [1.29, 1.82) is 0 Å². The largest absolute Gasteiger partial charge is 0.495 e. The highest BCUT2D eigenvalue weighted by atomic mass is 35.5. The van der Waals surface area contributed by atoms with Crippen LogP contribution in [0.25, 0.3) is 0 Å². The van der Waals surface area contributed by atoms with Crippen LogP contribution in [0.1, 0.15) is 15.9 Å². The molecule has 2 heterocycles. The van der Waals surface area contributed by atoms with Gasteiger partial charge in [0.2, 0.25) is 5.95 Å². The Kier molecular flexibility index (Phi) is 5.35. The molecule has 8 heteroatoms. The molecule has 1 fully saturated rings. The quantitative estimate of drug-likeness (QED) is 0.900. The van der Waals surface area contributed by atoms with Gasteiger partial charge >= 0.3 is 0 Å². The van der Waals surface area contributed by atoms with Crippen molar-refractivity contribution in [3.05, 3.63) is 40.7 Å². The number of aryl methyl sites for hydroxylation is 1. The summed E-state index contributed by atoms with van der Waals surface area (Å²) in [5.41, 5.74) is 1.76. The van der Waals surface area contributed by atoms with Gasteiger partial charge in [0, 0.05) is 36.6 Å². The molecule has 1 aliphatic heterocycles. The monoisotopic (exact) mass is 362 g/mol. The van der Waals surface area contributed by atoms with Crippen LogP contribution in [0.5, 0.6) is 5.75 Å².